The van der Waals surface area contributed by atoms with Gasteiger partial charge in [0, 0.05) is 13.1 Å². The summed E-state index contributed by atoms with van der Waals surface area (Å²) in [6, 6.07) is 0. The molecule has 0 aliphatic carbocycles. The van der Waals surface area contributed by atoms with E-state index >= 15 is 0 Å². The number of rotatable bonds is 2. The first-order valence-corrected chi connectivity index (χ1v) is 4.74. The van der Waals surface area contributed by atoms with Gasteiger partial charge in [-0.1, -0.05) is 12.5 Å². The van der Waals surface area contributed by atoms with Gasteiger partial charge in [0.1, 0.15) is 0 Å². The molecule has 11 heavy (non-hydrogen) atoms. The van der Waals surface area contributed by atoms with Crippen LogP contribution >= 0.6 is 0 Å². The molecule has 1 heterocycles. The fourth-order valence-corrected chi connectivity index (χ4v) is 1.45. The smallest absolute Gasteiger partial charge is 0.0172 e. The van der Waals surface area contributed by atoms with Crippen LogP contribution in [0.4, 0.5) is 0 Å². The molecule has 0 bridgehead atoms. The van der Waals surface area contributed by atoms with Crippen molar-refractivity contribution in [3.8, 4) is 0 Å². The summed E-state index contributed by atoms with van der Waals surface area (Å²) in [4.78, 5) is 2.46. The zero-order valence-corrected chi connectivity index (χ0v) is 7.77. The van der Waals surface area contributed by atoms with Crippen molar-refractivity contribution in [3.63, 3.8) is 0 Å². The number of hydrogen-bond donors (Lipinski definition) is 0. The lowest BCUT2D eigenvalue weighted by molar-refractivity contribution is 0.307. The van der Waals surface area contributed by atoms with E-state index in [4.69, 9.17) is 0 Å². The van der Waals surface area contributed by atoms with E-state index in [1.165, 1.54) is 44.3 Å². The topological polar surface area (TPSA) is 3.24 Å². The van der Waals surface area contributed by atoms with Crippen LogP contribution in [0.1, 0.15) is 39.5 Å². The van der Waals surface area contributed by atoms with Crippen molar-refractivity contribution >= 4 is 0 Å². The van der Waals surface area contributed by atoms with Gasteiger partial charge in [-0.15, -0.1) is 0 Å². The van der Waals surface area contributed by atoms with E-state index < -0.39 is 0 Å². The van der Waals surface area contributed by atoms with Gasteiger partial charge in [-0.05, 0) is 38.8 Å². The molecule has 0 unspecified atom stereocenters. The minimum absolute atomic E-state index is 1.19. The zero-order chi connectivity index (χ0) is 8.10. The highest BCUT2D eigenvalue weighted by atomic mass is 15.1. The highest BCUT2D eigenvalue weighted by Gasteiger charge is 2.05. The number of piperidine rings is 1. The molecular weight excluding hydrogens is 134 g/mol. The first-order chi connectivity index (χ1) is 5.33. The maximum atomic E-state index is 2.46. The van der Waals surface area contributed by atoms with Gasteiger partial charge in [-0.2, -0.15) is 0 Å². The van der Waals surface area contributed by atoms with Crippen molar-refractivity contribution in [2.75, 3.05) is 13.1 Å². The van der Waals surface area contributed by atoms with Crippen LogP contribution in [0.3, 0.4) is 0 Å². The van der Waals surface area contributed by atoms with Gasteiger partial charge in [0.2, 0.25) is 0 Å². The predicted octanol–water partition coefficient (Wildman–Crippen LogP) is 2.79. The molecule has 0 N–H and O–H groups in total. The molecule has 1 rings (SSSR count). The van der Waals surface area contributed by atoms with E-state index in [2.05, 4.69) is 24.9 Å². The third kappa shape index (κ3) is 2.96. The molecule has 1 saturated heterocycles. The number of likely N-dealkylation sites (tertiary alicyclic amines) is 1. The molecule has 1 aliphatic heterocycles. The molecule has 0 radical (unpaired) electrons. The van der Waals surface area contributed by atoms with E-state index in [-0.39, 0.29) is 0 Å². The average molecular weight is 153 g/mol. The van der Waals surface area contributed by atoms with E-state index in [1.54, 1.807) is 0 Å². The second kappa shape index (κ2) is 4.42. The van der Waals surface area contributed by atoms with Crippen LogP contribution in [0.15, 0.2) is 11.8 Å². The van der Waals surface area contributed by atoms with Gasteiger partial charge < -0.3 is 4.90 Å². The van der Waals surface area contributed by atoms with Crippen LogP contribution in [0.2, 0.25) is 0 Å². The Morgan fingerprint density at radius 2 is 1.91 bits per heavy atom. The van der Waals surface area contributed by atoms with Gasteiger partial charge in [0.05, 0.1) is 0 Å². The molecule has 0 atom stereocenters. The average Bonchev–Trinajstić information content (AvgIpc) is 2.06. The summed E-state index contributed by atoms with van der Waals surface area (Å²) >= 11 is 0. The Morgan fingerprint density at radius 3 is 2.45 bits per heavy atom. The Kier molecular flexibility index (Phi) is 3.47. The first-order valence-electron chi connectivity index (χ1n) is 4.74. The lowest BCUT2D eigenvalue weighted by Crippen LogP contribution is -2.24. The summed E-state index contributed by atoms with van der Waals surface area (Å²) in [6.45, 7) is 6.99. The van der Waals surface area contributed by atoms with Gasteiger partial charge in [-0.3, -0.25) is 0 Å². The van der Waals surface area contributed by atoms with Crippen molar-refractivity contribution in [1.29, 1.82) is 0 Å². The maximum absolute atomic E-state index is 2.46. The van der Waals surface area contributed by atoms with Crippen LogP contribution in [-0.2, 0) is 0 Å². The van der Waals surface area contributed by atoms with Crippen molar-refractivity contribution in [2.24, 2.45) is 0 Å². The molecule has 0 amide bonds. The molecule has 0 spiro atoms. The molecule has 1 fully saturated rings. The minimum Gasteiger partial charge on any atom is -0.377 e. The first kappa shape index (κ1) is 8.63. The summed E-state index contributed by atoms with van der Waals surface area (Å²) in [5, 5.41) is 0. The number of nitrogens with zero attached hydrogens (tertiary/aromatic N) is 1. The summed E-state index contributed by atoms with van der Waals surface area (Å²) in [5.74, 6) is 0. The molecule has 0 aromatic heterocycles. The molecular formula is C10H19N. The third-order valence-electron chi connectivity index (χ3n) is 2.35. The fourth-order valence-electron chi connectivity index (χ4n) is 1.45. The molecule has 1 heteroatoms. The van der Waals surface area contributed by atoms with Crippen molar-refractivity contribution < 1.29 is 0 Å². The van der Waals surface area contributed by atoms with Gasteiger partial charge in [0.25, 0.3) is 0 Å². The normalized spacial score (nSPS) is 20.5. The molecule has 64 valence electrons. The summed E-state index contributed by atoms with van der Waals surface area (Å²) < 4.78 is 0. The second-order valence-corrected chi connectivity index (χ2v) is 3.43. The summed E-state index contributed by atoms with van der Waals surface area (Å²) in [7, 11) is 0. The Labute approximate surface area is 70.1 Å². The lowest BCUT2D eigenvalue weighted by Gasteiger charge is -2.25. The third-order valence-corrected chi connectivity index (χ3v) is 2.35. The Balaban J connectivity index is 2.34. The SMILES string of the molecule is CCC(C)=CN1CCCCC1. The number of hydrogen-bond acceptors (Lipinski definition) is 1. The van der Waals surface area contributed by atoms with Crippen molar-refractivity contribution in [3.05, 3.63) is 11.8 Å². The highest BCUT2D eigenvalue weighted by Crippen LogP contribution is 2.11. The molecule has 0 aromatic carbocycles. The van der Waals surface area contributed by atoms with E-state index in [9.17, 15) is 0 Å². The Morgan fingerprint density at radius 1 is 1.27 bits per heavy atom. The molecule has 0 aromatic rings. The van der Waals surface area contributed by atoms with Crippen molar-refractivity contribution in [2.45, 2.75) is 39.5 Å². The summed E-state index contributed by atoms with van der Waals surface area (Å²) in [6.07, 6.45) is 7.71. The zero-order valence-electron chi connectivity index (χ0n) is 7.77. The lowest BCUT2D eigenvalue weighted by atomic mass is 10.1. The molecule has 0 saturated carbocycles. The van der Waals surface area contributed by atoms with E-state index in [1.807, 2.05) is 0 Å². The highest BCUT2D eigenvalue weighted by molar-refractivity contribution is 4.96. The second-order valence-electron chi connectivity index (χ2n) is 3.43. The largest absolute Gasteiger partial charge is 0.377 e. The van der Waals surface area contributed by atoms with Crippen molar-refractivity contribution in [1.82, 2.24) is 4.90 Å². The van der Waals surface area contributed by atoms with Gasteiger partial charge >= 0.3 is 0 Å². The standard InChI is InChI=1S/C10H19N/c1-3-10(2)9-11-7-5-4-6-8-11/h9H,3-8H2,1-2H3. The Hall–Kier alpha value is -0.460. The van der Waals surface area contributed by atoms with Crippen LogP contribution in [0.25, 0.3) is 0 Å². The summed E-state index contributed by atoms with van der Waals surface area (Å²) in [5.41, 5.74) is 1.51. The molecule has 1 nitrogen and oxygen atoms in total. The quantitative estimate of drug-likeness (QED) is 0.589. The minimum atomic E-state index is 1.19. The van der Waals surface area contributed by atoms with E-state index in [0.717, 1.165) is 0 Å². The maximum Gasteiger partial charge on any atom is 0.0172 e. The van der Waals surface area contributed by atoms with Gasteiger partial charge in [0.15, 0.2) is 0 Å². The number of allylic oxidation sites excluding steroid dienone is 1. The Bertz CT molecular complexity index is 132. The van der Waals surface area contributed by atoms with Crippen LogP contribution in [0.5, 0.6) is 0 Å². The van der Waals surface area contributed by atoms with Crippen LogP contribution in [0, 0.1) is 0 Å². The van der Waals surface area contributed by atoms with E-state index in [0.29, 0.717) is 0 Å². The fraction of sp³-hybridized carbons (Fsp3) is 0.800. The molecule has 1 aliphatic rings. The van der Waals surface area contributed by atoms with Crippen LogP contribution < -0.4 is 0 Å². The van der Waals surface area contributed by atoms with Gasteiger partial charge in [-0.25, -0.2) is 0 Å². The van der Waals surface area contributed by atoms with Crippen LogP contribution in [-0.4, -0.2) is 18.0 Å². The predicted molar refractivity (Wildman–Crippen MR) is 49.5 cm³/mol. The monoisotopic (exact) mass is 153 g/mol.